The average molecular weight is 269 g/mol. The predicted octanol–water partition coefficient (Wildman–Crippen LogP) is 2.33. The van der Waals surface area contributed by atoms with E-state index in [9.17, 15) is 19.1 Å². The highest BCUT2D eigenvalue weighted by atomic mass is 32.2. The van der Waals surface area contributed by atoms with Gasteiger partial charge in [0.1, 0.15) is 0 Å². The van der Waals surface area contributed by atoms with Crippen LogP contribution < -0.4 is 0 Å². The van der Waals surface area contributed by atoms with Gasteiger partial charge in [0, 0.05) is 34.2 Å². The molecule has 6 heteroatoms. The summed E-state index contributed by atoms with van der Waals surface area (Å²) in [4.78, 5) is 21.7. The predicted molar refractivity (Wildman–Crippen MR) is 70.2 cm³/mol. The second-order valence-corrected chi connectivity index (χ2v) is 5.45. The fourth-order valence-electron chi connectivity index (χ4n) is 1.38. The van der Waals surface area contributed by atoms with Crippen molar-refractivity contribution in [1.82, 2.24) is 0 Å². The molecule has 0 bridgehead atoms. The molecule has 0 saturated carbocycles. The lowest BCUT2D eigenvalue weighted by Crippen LogP contribution is -2.13. The fraction of sp³-hybridized carbons (Fsp3) is 0.417. The molecule has 0 aliphatic carbocycles. The molecule has 0 amide bonds. The summed E-state index contributed by atoms with van der Waals surface area (Å²) < 4.78 is 11.5. The van der Waals surface area contributed by atoms with E-state index < -0.39 is 15.7 Å². The molecule has 5 nitrogen and oxygen atoms in total. The summed E-state index contributed by atoms with van der Waals surface area (Å²) in [5.74, 6) is 0.270. The van der Waals surface area contributed by atoms with Crippen LogP contribution in [0.15, 0.2) is 24.3 Å². The first-order chi connectivity index (χ1) is 8.54. The number of nitro groups is 1. The SMILES string of the molecule is CCCCS(=O)CC(=O)c1ccc([N+](=O)[O-])cc1. The van der Waals surface area contributed by atoms with Gasteiger partial charge in [-0.1, -0.05) is 13.3 Å². The number of benzene rings is 1. The van der Waals surface area contributed by atoms with Gasteiger partial charge in [-0.15, -0.1) is 0 Å². The van der Waals surface area contributed by atoms with Crippen LogP contribution in [0.2, 0.25) is 0 Å². The Labute approximate surface area is 108 Å². The third-order valence-electron chi connectivity index (χ3n) is 2.42. The molecule has 0 aliphatic rings. The monoisotopic (exact) mass is 269 g/mol. The summed E-state index contributed by atoms with van der Waals surface area (Å²) in [6.45, 7) is 2.00. The molecule has 0 fully saturated rings. The van der Waals surface area contributed by atoms with E-state index in [4.69, 9.17) is 0 Å². The van der Waals surface area contributed by atoms with Crippen molar-refractivity contribution in [3.8, 4) is 0 Å². The highest BCUT2D eigenvalue weighted by molar-refractivity contribution is 7.85. The third-order valence-corrected chi connectivity index (χ3v) is 3.75. The molecule has 0 N–H and O–H groups in total. The zero-order valence-corrected chi connectivity index (χ0v) is 10.9. The van der Waals surface area contributed by atoms with Gasteiger partial charge < -0.3 is 0 Å². The van der Waals surface area contributed by atoms with E-state index in [1.165, 1.54) is 24.3 Å². The van der Waals surface area contributed by atoms with Crippen LogP contribution in [0, 0.1) is 10.1 Å². The van der Waals surface area contributed by atoms with E-state index in [2.05, 4.69) is 0 Å². The van der Waals surface area contributed by atoms with Crippen LogP contribution in [-0.2, 0) is 10.8 Å². The second kappa shape index (κ2) is 7.00. The van der Waals surface area contributed by atoms with Crippen LogP contribution in [0.4, 0.5) is 5.69 Å². The van der Waals surface area contributed by atoms with Crippen LogP contribution in [0.25, 0.3) is 0 Å². The molecule has 0 radical (unpaired) electrons. The first-order valence-electron chi connectivity index (χ1n) is 5.67. The number of carbonyl (C=O) groups excluding carboxylic acids is 1. The van der Waals surface area contributed by atoms with E-state index in [1.54, 1.807) is 0 Å². The Morgan fingerprint density at radius 2 is 1.94 bits per heavy atom. The number of nitrogens with zero attached hydrogens (tertiary/aromatic N) is 1. The first kappa shape index (κ1) is 14.5. The van der Waals surface area contributed by atoms with Crippen molar-refractivity contribution >= 4 is 22.3 Å². The van der Waals surface area contributed by atoms with Gasteiger partial charge in [-0.3, -0.25) is 19.1 Å². The van der Waals surface area contributed by atoms with Crippen molar-refractivity contribution in [2.24, 2.45) is 0 Å². The fourth-order valence-corrected chi connectivity index (χ4v) is 2.59. The van der Waals surface area contributed by atoms with Crippen LogP contribution in [0.5, 0.6) is 0 Å². The van der Waals surface area contributed by atoms with Crippen LogP contribution in [0.1, 0.15) is 30.1 Å². The van der Waals surface area contributed by atoms with Crippen LogP contribution in [-0.4, -0.2) is 26.4 Å². The van der Waals surface area contributed by atoms with Gasteiger partial charge in [0.2, 0.25) is 0 Å². The van der Waals surface area contributed by atoms with Crippen molar-refractivity contribution in [2.45, 2.75) is 19.8 Å². The van der Waals surface area contributed by atoms with E-state index in [0.29, 0.717) is 11.3 Å². The normalized spacial score (nSPS) is 12.1. The lowest BCUT2D eigenvalue weighted by Gasteiger charge is -2.01. The summed E-state index contributed by atoms with van der Waals surface area (Å²) in [5, 5.41) is 10.5. The van der Waals surface area contributed by atoms with Gasteiger partial charge in [-0.2, -0.15) is 0 Å². The quantitative estimate of drug-likeness (QED) is 0.432. The van der Waals surface area contributed by atoms with Crippen molar-refractivity contribution in [2.75, 3.05) is 11.5 Å². The van der Waals surface area contributed by atoms with Crippen molar-refractivity contribution in [3.05, 3.63) is 39.9 Å². The maximum atomic E-state index is 11.7. The zero-order chi connectivity index (χ0) is 13.5. The van der Waals surface area contributed by atoms with Crippen LogP contribution >= 0.6 is 0 Å². The number of hydrogen-bond acceptors (Lipinski definition) is 4. The minimum Gasteiger partial charge on any atom is -0.293 e. The van der Waals surface area contributed by atoms with E-state index >= 15 is 0 Å². The summed E-state index contributed by atoms with van der Waals surface area (Å²) in [5.41, 5.74) is 0.309. The Bertz CT molecular complexity index is 456. The number of non-ortho nitro benzene ring substituents is 1. The number of rotatable bonds is 7. The maximum Gasteiger partial charge on any atom is 0.269 e. The smallest absolute Gasteiger partial charge is 0.269 e. The molecule has 0 aliphatic heterocycles. The number of ketones is 1. The van der Waals surface area contributed by atoms with E-state index in [-0.39, 0.29) is 17.2 Å². The molecule has 98 valence electrons. The Hall–Kier alpha value is -1.56. The number of hydrogen-bond donors (Lipinski definition) is 0. The zero-order valence-electron chi connectivity index (χ0n) is 10.1. The molecular weight excluding hydrogens is 254 g/mol. The van der Waals surface area contributed by atoms with Crippen molar-refractivity contribution in [3.63, 3.8) is 0 Å². The molecule has 0 saturated heterocycles. The van der Waals surface area contributed by atoms with Gasteiger partial charge in [0.05, 0.1) is 10.7 Å². The Balaban J connectivity index is 2.61. The number of Topliss-reactive ketones (excluding diaryl/α,β-unsaturated/α-hetero) is 1. The minimum atomic E-state index is -1.15. The summed E-state index contributed by atoms with van der Waals surface area (Å²) in [6.07, 6.45) is 1.78. The highest BCUT2D eigenvalue weighted by Gasteiger charge is 2.12. The van der Waals surface area contributed by atoms with E-state index in [0.717, 1.165) is 12.8 Å². The molecular formula is C12H15NO4S. The molecule has 1 unspecified atom stereocenters. The Morgan fingerprint density at radius 1 is 1.33 bits per heavy atom. The summed E-state index contributed by atoms with van der Waals surface area (Å²) in [7, 11) is -1.15. The van der Waals surface area contributed by atoms with Gasteiger partial charge in [0.15, 0.2) is 5.78 Å². The lowest BCUT2D eigenvalue weighted by molar-refractivity contribution is -0.384. The maximum absolute atomic E-state index is 11.7. The Kier molecular flexibility index (Phi) is 5.64. The molecule has 1 aromatic rings. The summed E-state index contributed by atoms with van der Waals surface area (Å²) >= 11 is 0. The third kappa shape index (κ3) is 4.37. The molecule has 1 rings (SSSR count). The largest absolute Gasteiger partial charge is 0.293 e. The Morgan fingerprint density at radius 3 is 2.44 bits per heavy atom. The van der Waals surface area contributed by atoms with Gasteiger partial charge in [-0.25, -0.2) is 0 Å². The first-order valence-corrected chi connectivity index (χ1v) is 7.16. The molecule has 1 atom stereocenters. The number of nitro benzene ring substituents is 1. The van der Waals surface area contributed by atoms with Crippen LogP contribution in [0.3, 0.4) is 0 Å². The van der Waals surface area contributed by atoms with Gasteiger partial charge >= 0.3 is 0 Å². The molecule has 18 heavy (non-hydrogen) atoms. The topological polar surface area (TPSA) is 77.3 Å². The number of carbonyl (C=O) groups is 1. The summed E-state index contributed by atoms with van der Waals surface area (Å²) in [6, 6.07) is 5.36. The van der Waals surface area contributed by atoms with E-state index in [1.807, 2.05) is 6.92 Å². The van der Waals surface area contributed by atoms with Crippen molar-refractivity contribution in [1.29, 1.82) is 0 Å². The lowest BCUT2D eigenvalue weighted by atomic mass is 10.1. The number of unbranched alkanes of at least 4 members (excludes halogenated alkanes) is 1. The average Bonchev–Trinajstić information content (AvgIpc) is 2.36. The highest BCUT2D eigenvalue weighted by Crippen LogP contribution is 2.12. The van der Waals surface area contributed by atoms with Gasteiger partial charge in [0.25, 0.3) is 5.69 Å². The molecule has 1 aromatic carbocycles. The minimum absolute atomic E-state index is 0.0161. The molecule has 0 spiro atoms. The van der Waals surface area contributed by atoms with Gasteiger partial charge in [-0.05, 0) is 18.6 Å². The standard InChI is InChI=1S/C12H15NO4S/c1-2-3-8-18(17)9-12(14)10-4-6-11(7-5-10)13(15)16/h4-7H,2-3,8-9H2,1H3. The molecule has 0 aromatic heterocycles. The second-order valence-electron chi connectivity index (χ2n) is 3.87. The van der Waals surface area contributed by atoms with Crippen molar-refractivity contribution < 1.29 is 13.9 Å². The molecule has 0 heterocycles.